The molecule has 0 heterocycles. The van der Waals surface area contributed by atoms with Gasteiger partial charge in [-0.05, 0) is 25.2 Å². The number of allylic oxidation sites excluding steroid dienone is 1. The number of methoxy groups -OCH3 is 1. The van der Waals surface area contributed by atoms with Gasteiger partial charge in [0.25, 0.3) is 0 Å². The summed E-state index contributed by atoms with van der Waals surface area (Å²) in [6.07, 6.45) is 0. The molecular formula is C24H31Cl2O2Si2Zr-3. The fraction of sp³-hybridized carbons (Fsp3) is 0.208. The summed E-state index contributed by atoms with van der Waals surface area (Å²) in [6, 6.07) is 21.5. The van der Waals surface area contributed by atoms with E-state index in [1.165, 1.54) is 45.2 Å². The van der Waals surface area contributed by atoms with Crippen LogP contribution < -0.4 is 0 Å². The molecule has 0 fully saturated rings. The molecule has 31 heavy (non-hydrogen) atoms. The van der Waals surface area contributed by atoms with E-state index in [1.807, 2.05) is 0 Å². The Morgan fingerprint density at radius 1 is 0.903 bits per heavy atom. The van der Waals surface area contributed by atoms with Crippen molar-refractivity contribution in [2.24, 2.45) is 0 Å². The molecule has 1 aliphatic carbocycles. The zero-order chi connectivity index (χ0) is 19.6. The van der Waals surface area contributed by atoms with Gasteiger partial charge in [-0.2, -0.15) is 6.07 Å². The molecule has 1 unspecified atom stereocenters. The van der Waals surface area contributed by atoms with Gasteiger partial charge >= 0.3 is 30.2 Å². The summed E-state index contributed by atoms with van der Waals surface area (Å²) in [5, 5.41) is 2.56. The van der Waals surface area contributed by atoms with Crippen LogP contribution in [0.3, 0.4) is 0 Å². The molecule has 1 aliphatic rings. The van der Waals surface area contributed by atoms with Crippen molar-refractivity contribution in [2.45, 2.75) is 25.6 Å². The van der Waals surface area contributed by atoms with Crippen LogP contribution in [0, 0.1) is 14.9 Å². The number of hydrogen-bond acceptors (Lipinski definition) is 2. The summed E-state index contributed by atoms with van der Waals surface area (Å²) in [6.45, 7) is 9.72. The van der Waals surface area contributed by atoms with E-state index in [-0.39, 0.29) is 45.6 Å². The van der Waals surface area contributed by atoms with E-state index in [9.17, 15) is 0 Å². The molecule has 0 aliphatic heterocycles. The van der Waals surface area contributed by atoms with Crippen LogP contribution in [0.25, 0.3) is 16.5 Å². The van der Waals surface area contributed by atoms with E-state index < -0.39 is 8.32 Å². The Morgan fingerprint density at radius 3 is 2.10 bits per heavy atom. The molecule has 0 spiro atoms. The van der Waals surface area contributed by atoms with Crippen LogP contribution in [0.4, 0.5) is 0 Å². The topological polar surface area (TPSA) is 18.5 Å². The van der Waals surface area contributed by atoms with Gasteiger partial charge in [0.1, 0.15) is 5.76 Å². The third-order valence-corrected chi connectivity index (χ3v) is 5.48. The Bertz CT molecular complexity index is 996. The standard InChI is InChI=1S/C22H23O2Si.2CH3.2ClH.Si.Zr/c1-23-21-19-12-8-7-11-17(19)20(22(21)24-25(2,3)4)18-14-13-15-9-5-6-10-16(15)18;;;;;;/h5-14,20H,1-4H3;2*1H3;2*1H;;/q3*-1;;;;. The molecular weight excluding hydrogens is 539 g/mol. The fourth-order valence-corrected chi connectivity index (χ4v) is 4.61. The van der Waals surface area contributed by atoms with Crippen LogP contribution in [-0.4, -0.2) is 22.3 Å². The minimum atomic E-state index is -1.78. The first kappa shape index (κ1) is 32.5. The van der Waals surface area contributed by atoms with Crippen LogP contribution >= 0.6 is 24.8 Å². The van der Waals surface area contributed by atoms with Crippen molar-refractivity contribution in [3.8, 4) is 0 Å². The molecule has 0 saturated carbocycles. The van der Waals surface area contributed by atoms with Crippen LogP contribution in [-0.2, 0) is 32.5 Å². The summed E-state index contributed by atoms with van der Waals surface area (Å²) in [4.78, 5) is 0. The van der Waals surface area contributed by atoms with Crippen LogP contribution in [0.1, 0.15) is 22.6 Å². The van der Waals surface area contributed by atoms with Crippen molar-refractivity contribution >= 4 is 56.5 Å². The molecule has 0 amide bonds. The molecule has 168 valence electrons. The van der Waals surface area contributed by atoms with E-state index in [4.69, 9.17) is 9.16 Å². The molecule has 2 radical (unpaired) electrons. The SMILES string of the molecule is COC1=C(O[Si](C)(C)C)C([c-]2ccc3ccccc32)c2ccccc21.Cl.Cl.[CH3-].[CH3-].[Si]=[Zr]. The quantitative estimate of drug-likeness (QED) is 0.244. The molecule has 2 nitrogen and oxygen atoms in total. The van der Waals surface area contributed by atoms with Crippen LogP contribution in [0.15, 0.2) is 66.4 Å². The first-order chi connectivity index (χ1) is 13.0. The number of hydrogen-bond donors (Lipinski definition) is 0. The summed E-state index contributed by atoms with van der Waals surface area (Å²) in [7, 11) is -0.0379. The molecule has 3 aromatic rings. The van der Waals surface area contributed by atoms with E-state index in [0.717, 1.165) is 17.1 Å². The predicted molar refractivity (Wildman–Crippen MR) is 139 cm³/mol. The maximum absolute atomic E-state index is 6.56. The third-order valence-electron chi connectivity index (χ3n) is 4.65. The Kier molecular flexibility index (Phi) is 14.4. The van der Waals surface area contributed by atoms with Crippen molar-refractivity contribution in [3.05, 3.63) is 98.0 Å². The number of rotatable bonds is 4. The molecule has 0 N–H and O–H groups in total. The predicted octanol–water partition coefficient (Wildman–Crippen LogP) is 7.23. The van der Waals surface area contributed by atoms with Crippen LogP contribution in [0.2, 0.25) is 19.6 Å². The van der Waals surface area contributed by atoms with Crippen molar-refractivity contribution in [1.29, 1.82) is 0 Å². The number of ether oxygens (including phenoxy) is 1. The van der Waals surface area contributed by atoms with Gasteiger partial charge < -0.3 is 24.0 Å². The van der Waals surface area contributed by atoms with Crippen molar-refractivity contribution in [1.82, 2.24) is 0 Å². The molecule has 0 bridgehead atoms. The van der Waals surface area contributed by atoms with Gasteiger partial charge in [0.15, 0.2) is 5.76 Å². The van der Waals surface area contributed by atoms with Gasteiger partial charge in [0.2, 0.25) is 8.32 Å². The molecule has 7 heteroatoms. The Hall–Kier alpha value is -0.713. The van der Waals surface area contributed by atoms with E-state index in [2.05, 4.69) is 87.2 Å². The molecule has 0 aromatic heterocycles. The van der Waals surface area contributed by atoms with Gasteiger partial charge in [-0.25, -0.2) is 0 Å². The molecule has 1 atom stereocenters. The van der Waals surface area contributed by atoms with Gasteiger partial charge in [-0.3, -0.25) is 0 Å². The number of benzene rings is 2. The summed E-state index contributed by atoms with van der Waals surface area (Å²) in [5.41, 5.74) is 3.71. The average molecular weight is 570 g/mol. The zero-order valence-electron chi connectivity index (χ0n) is 19.0. The second-order valence-corrected chi connectivity index (χ2v) is 11.9. The van der Waals surface area contributed by atoms with Crippen LogP contribution in [0.5, 0.6) is 0 Å². The molecule has 0 saturated heterocycles. The maximum atomic E-state index is 6.56. The van der Waals surface area contributed by atoms with Gasteiger partial charge in [-0.15, -0.1) is 65.4 Å². The second-order valence-electron chi connectivity index (χ2n) is 7.51. The van der Waals surface area contributed by atoms with Gasteiger partial charge in [-0.1, -0.05) is 30.3 Å². The van der Waals surface area contributed by atoms with E-state index in [1.54, 1.807) is 7.11 Å². The average Bonchev–Trinajstić information content (AvgIpc) is 3.20. The second kappa shape index (κ2) is 13.7. The first-order valence-electron chi connectivity index (χ1n) is 8.95. The normalized spacial score (nSPS) is 13.8. The first-order valence-corrected chi connectivity index (χ1v) is 16.5. The Morgan fingerprint density at radius 2 is 1.48 bits per heavy atom. The van der Waals surface area contributed by atoms with Crippen molar-refractivity contribution < 1.29 is 32.5 Å². The zero-order valence-corrected chi connectivity index (χ0v) is 25.1. The van der Waals surface area contributed by atoms with Crippen molar-refractivity contribution in [3.63, 3.8) is 0 Å². The third kappa shape index (κ3) is 6.64. The Balaban J connectivity index is 0. The van der Waals surface area contributed by atoms with E-state index >= 15 is 0 Å². The van der Waals surface area contributed by atoms with Crippen molar-refractivity contribution in [2.75, 3.05) is 7.11 Å². The van der Waals surface area contributed by atoms with E-state index in [0.29, 0.717) is 0 Å². The molecule has 3 aromatic carbocycles. The monoisotopic (exact) mass is 567 g/mol. The summed E-state index contributed by atoms with van der Waals surface area (Å²) < 4.78 is 12.4. The summed E-state index contributed by atoms with van der Waals surface area (Å²) >= 11 is 1.36. The van der Waals surface area contributed by atoms with Gasteiger partial charge in [0.05, 0.1) is 7.11 Å². The van der Waals surface area contributed by atoms with Gasteiger partial charge in [0, 0.05) is 11.5 Å². The minimum absolute atomic E-state index is 0. The fourth-order valence-electron chi connectivity index (χ4n) is 3.74. The Labute approximate surface area is 218 Å². The number of halogens is 2. The summed E-state index contributed by atoms with van der Waals surface area (Å²) in [5.74, 6) is 1.95. The number of fused-ring (bicyclic) bond motifs is 2. The molecule has 4 rings (SSSR count).